The maximum Gasteiger partial charge on any atom is 0.261 e. The second kappa shape index (κ2) is 5.84. The molecule has 24 heavy (non-hydrogen) atoms. The lowest BCUT2D eigenvalue weighted by Gasteiger charge is -2.23. The zero-order valence-electron chi connectivity index (χ0n) is 14.4. The highest BCUT2D eigenvalue weighted by Gasteiger charge is 2.39. The summed E-state index contributed by atoms with van der Waals surface area (Å²) in [5, 5.41) is 8.46. The van der Waals surface area contributed by atoms with E-state index in [1.165, 1.54) is 11.3 Å². The fourth-order valence-electron chi connectivity index (χ4n) is 3.14. The summed E-state index contributed by atoms with van der Waals surface area (Å²) in [5.41, 5.74) is 0.237. The Balaban J connectivity index is 1.86. The number of aryl methyl sites for hydroxylation is 1. The highest BCUT2D eigenvalue weighted by molar-refractivity contribution is 7.91. The number of aromatic nitrogens is 2. The minimum atomic E-state index is -3.05. The van der Waals surface area contributed by atoms with Gasteiger partial charge in [0.15, 0.2) is 9.84 Å². The number of nitrogens with one attached hydrogen (secondary N) is 1. The van der Waals surface area contributed by atoms with Gasteiger partial charge < -0.3 is 5.32 Å². The summed E-state index contributed by atoms with van der Waals surface area (Å²) in [6, 6.07) is 1.86. The molecular formula is C16H23N3O3S2. The minimum absolute atomic E-state index is 0.0107. The average Bonchev–Trinajstić information content (AvgIpc) is 3.05. The van der Waals surface area contributed by atoms with Crippen LogP contribution in [0.25, 0.3) is 10.2 Å². The van der Waals surface area contributed by atoms with Crippen molar-refractivity contribution in [2.45, 2.75) is 46.2 Å². The Labute approximate surface area is 146 Å². The van der Waals surface area contributed by atoms with E-state index in [1.807, 2.05) is 17.7 Å². The number of hydrogen-bond donors (Lipinski definition) is 1. The smallest absolute Gasteiger partial charge is 0.261 e. The van der Waals surface area contributed by atoms with E-state index in [-0.39, 0.29) is 17.4 Å². The number of thiophene rings is 1. The van der Waals surface area contributed by atoms with Crippen LogP contribution in [0.3, 0.4) is 0 Å². The van der Waals surface area contributed by atoms with Gasteiger partial charge in [-0.05, 0) is 32.3 Å². The topological polar surface area (TPSA) is 81.1 Å². The normalized spacial score (nSPS) is 23.2. The van der Waals surface area contributed by atoms with Gasteiger partial charge in [-0.15, -0.1) is 11.3 Å². The molecule has 2 aromatic heterocycles. The molecule has 0 spiro atoms. The highest BCUT2D eigenvalue weighted by atomic mass is 32.2. The fourth-order valence-corrected chi connectivity index (χ4v) is 6.30. The maximum absolute atomic E-state index is 12.6. The summed E-state index contributed by atoms with van der Waals surface area (Å²) in [5.74, 6) is 0.413. The van der Waals surface area contributed by atoms with Crippen molar-refractivity contribution in [3.63, 3.8) is 0 Å². The molecule has 0 bridgehead atoms. The SMILES string of the molecule is Cc1nn(CC(C)C)c2sc(C(=O)N[C@]3(C)CCS(=O)(=O)C3)cc12. The Kier molecular flexibility index (Phi) is 4.24. The molecule has 0 aromatic carbocycles. The first-order valence-electron chi connectivity index (χ1n) is 8.08. The van der Waals surface area contributed by atoms with Gasteiger partial charge in [0, 0.05) is 11.9 Å². The first-order valence-corrected chi connectivity index (χ1v) is 10.7. The number of amides is 1. The lowest BCUT2D eigenvalue weighted by molar-refractivity contribution is 0.0919. The Morgan fingerprint density at radius 3 is 2.79 bits per heavy atom. The van der Waals surface area contributed by atoms with Gasteiger partial charge in [-0.2, -0.15) is 5.10 Å². The number of carbonyl (C=O) groups is 1. The fraction of sp³-hybridized carbons (Fsp3) is 0.625. The Morgan fingerprint density at radius 2 is 2.21 bits per heavy atom. The summed E-state index contributed by atoms with van der Waals surface area (Å²) in [6.45, 7) is 8.81. The van der Waals surface area contributed by atoms with Crippen LogP contribution >= 0.6 is 11.3 Å². The summed E-state index contributed by atoms with van der Waals surface area (Å²) >= 11 is 1.42. The van der Waals surface area contributed by atoms with Gasteiger partial charge in [0.2, 0.25) is 0 Å². The minimum Gasteiger partial charge on any atom is -0.345 e. The first kappa shape index (κ1) is 17.4. The number of carbonyl (C=O) groups excluding carboxylic acids is 1. The predicted molar refractivity (Wildman–Crippen MR) is 96.3 cm³/mol. The Bertz CT molecular complexity index is 895. The van der Waals surface area contributed by atoms with Crippen LogP contribution in [0.2, 0.25) is 0 Å². The van der Waals surface area contributed by atoms with Gasteiger partial charge in [0.05, 0.1) is 27.6 Å². The molecule has 1 N–H and O–H groups in total. The number of hydrogen-bond acceptors (Lipinski definition) is 5. The lowest BCUT2D eigenvalue weighted by Crippen LogP contribution is -2.46. The molecule has 1 saturated heterocycles. The third-order valence-electron chi connectivity index (χ3n) is 4.29. The van der Waals surface area contributed by atoms with Gasteiger partial charge in [-0.3, -0.25) is 9.48 Å². The molecule has 1 aliphatic rings. The van der Waals surface area contributed by atoms with Crippen molar-refractivity contribution in [1.82, 2.24) is 15.1 Å². The zero-order chi connectivity index (χ0) is 17.7. The summed E-state index contributed by atoms with van der Waals surface area (Å²) in [7, 11) is -3.05. The predicted octanol–water partition coefficient (Wildman–Crippen LogP) is 2.37. The molecule has 3 rings (SSSR count). The summed E-state index contributed by atoms with van der Waals surface area (Å²) in [6.07, 6.45) is 0.464. The lowest BCUT2D eigenvalue weighted by atomic mass is 10.0. The van der Waals surface area contributed by atoms with E-state index in [0.29, 0.717) is 17.2 Å². The number of nitrogens with zero attached hydrogens (tertiary/aromatic N) is 2. The van der Waals surface area contributed by atoms with Crippen LogP contribution in [0.1, 0.15) is 42.6 Å². The monoisotopic (exact) mass is 369 g/mol. The molecule has 1 aliphatic heterocycles. The second-order valence-electron chi connectivity index (χ2n) is 7.35. The average molecular weight is 370 g/mol. The van der Waals surface area contributed by atoms with Crippen molar-refractivity contribution < 1.29 is 13.2 Å². The summed E-state index contributed by atoms with van der Waals surface area (Å²) < 4.78 is 25.3. The van der Waals surface area contributed by atoms with E-state index >= 15 is 0 Å². The molecule has 8 heteroatoms. The zero-order valence-corrected chi connectivity index (χ0v) is 16.1. The highest BCUT2D eigenvalue weighted by Crippen LogP contribution is 2.30. The van der Waals surface area contributed by atoms with Crippen LogP contribution in [-0.2, 0) is 16.4 Å². The molecule has 1 amide bonds. The van der Waals surface area contributed by atoms with Crippen molar-refractivity contribution in [2.24, 2.45) is 5.92 Å². The molecule has 0 unspecified atom stereocenters. The molecule has 132 valence electrons. The molecule has 0 aliphatic carbocycles. The number of fused-ring (bicyclic) bond motifs is 1. The van der Waals surface area contributed by atoms with Crippen LogP contribution in [0.4, 0.5) is 0 Å². The van der Waals surface area contributed by atoms with E-state index in [1.54, 1.807) is 6.92 Å². The molecule has 3 heterocycles. The van der Waals surface area contributed by atoms with Gasteiger partial charge in [-0.25, -0.2) is 8.42 Å². The second-order valence-corrected chi connectivity index (χ2v) is 10.6. The Morgan fingerprint density at radius 1 is 1.50 bits per heavy atom. The quantitative estimate of drug-likeness (QED) is 0.897. The number of rotatable bonds is 4. The van der Waals surface area contributed by atoms with Crippen molar-refractivity contribution in [1.29, 1.82) is 0 Å². The summed E-state index contributed by atoms with van der Waals surface area (Å²) in [4.78, 5) is 14.2. The van der Waals surface area contributed by atoms with Crippen LogP contribution < -0.4 is 5.32 Å². The van der Waals surface area contributed by atoms with Crippen LogP contribution in [0.15, 0.2) is 6.07 Å². The standard InChI is InChI=1S/C16H23N3O3S2/c1-10(2)8-19-15-12(11(3)18-19)7-13(23-15)14(20)17-16(4)5-6-24(21,22)9-16/h7,10H,5-6,8-9H2,1-4H3,(H,17,20)/t16-/m1/s1. The van der Waals surface area contributed by atoms with E-state index in [9.17, 15) is 13.2 Å². The van der Waals surface area contributed by atoms with Crippen molar-refractivity contribution >= 4 is 37.3 Å². The van der Waals surface area contributed by atoms with Gasteiger partial charge in [0.1, 0.15) is 4.83 Å². The molecule has 1 fully saturated rings. The van der Waals surface area contributed by atoms with Crippen molar-refractivity contribution in [3.05, 3.63) is 16.6 Å². The van der Waals surface area contributed by atoms with Gasteiger partial charge in [0.25, 0.3) is 5.91 Å². The Hall–Kier alpha value is -1.41. The molecule has 0 saturated carbocycles. The van der Waals surface area contributed by atoms with E-state index in [4.69, 9.17) is 0 Å². The first-order chi connectivity index (χ1) is 11.1. The van der Waals surface area contributed by atoms with Crippen LogP contribution in [0.5, 0.6) is 0 Å². The van der Waals surface area contributed by atoms with Crippen molar-refractivity contribution in [3.8, 4) is 0 Å². The van der Waals surface area contributed by atoms with Crippen molar-refractivity contribution in [2.75, 3.05) is 11.5 Å². The largest absolute Gasteiger partial charge is 0.345 e. The van der Waals surface area contributed by atoms with Crippen LogP contribution in [0, 0.1) is 12.8 Å². The van der Waals surface area contributed by atoms with Gasteiger partial charge >= 0.3 is 0 Å². The molecule has 6 nitrogen and oxygen atoms in total. The van der Waals surface area contributed by atoms with E-state index in [0.717, 1.165) is 22.5 Å². The van der Waals surface area contributed by atoms with E-state index in [2.05, 4.69) is 24.3 Å². The molecule has 1 atom stereocenters. The maximum atomic E-state index is 12.6. The molecule has 2 aromatic rings. The van der Waals surface area contributed by atoms with Crippen LogP contribution in [-0.4, -0.2) is 41.2 Å². The number of sulfone groups is 1. The third-order valence-corrected chi connectivity index (χ3v) is 7.34. The van der Waals surface area contributed by atoms with Gasteiger partial charge in [-0.1, -0.05) is 13.8 Å². The third kappa shape index (κ3) is 3.35. The molecule has 0 radical (unpaired) electrons. The van der Waals surface area contributed by atoms with E-state index < -0.39 is 15.4 Å². The molecular weight excluding hydrogens is 346 g/mol.